The van der Waals surface area contributed by atoms with Crippen LogP contribution < -0.4 is 4.57 Å². The van der Waals surface area contributed by atoms with Crippen molar-refractivity contribution in [2.24, 2.45) is 7.05 Å². The minimum Gasteiger partial charge on any atom is -0.345 e. The van der Waals surface area contributed by atoms with E-state index in [1.165, 1.54) is 0 Å². The zero-order valence-corrected chi connectivity index (χ0v) is 13.5. The van der Waals surface area contributed by atoms with E-state index in [0.717, 1.165) is 0 Å². The molecule has 5 nitrogen and oxygen atoms in total. The summed E-state index contributed by atoms with van der Waals surface area (Å²) in [6, 6.07) is 0. The lowest BCUT2D eigenvalue weighted by molar-refractivity contribution is -0.671. The molecule has 0 N–H and O–H groups in total. The monoisotopic (exact) mass is 284 g/mol. The molecule has 1 atom stereocenters. The fraction of sp³-hybridized carbons (Fsp3) is 0.769. The number of ether oxygens (including phenoxy) is 3. The molecule has 0 aliphatic heterocycles. The molecule has 0 aliphatic rings. The zero-order valence-electron chi connectivity index (χ0n) is 12.5. The van der Waals surface area contributed by atoms with Crippen LogP contribution in [0.25, 0.3) is 0 Å². The van der Waals surface area contributed by atoms with Crippen molar-refractivity contribution < 1.29 is 18.8 Å². The summed E-state index contributed by atoms with van der Waals surface area (Å²) in [5, 5.41) is -0.922. The van der Waals surface area contributed by atoms with E-state index in [-0.39, 0.29) is 0 Å². The van der Waals surface area contributed by atoms with Gasteiger partial charge in [0.1, 0.15) is 22.6 Å². The number of aryl methyl sites for hydroxylation is 1. The Balaban J connectivity index is 3.21. The first-order valence-electron chi connectivity index (χ1n) is 6.64. The van der Waals surface area contributed by atoms with E-state index < -0.39 is 11.1 Å². The molecule has 3 radical (unpaired) electrons. The van der Waals surface area contributed by atoms with Gasteiger partial charge in [0.05, 0.1) is 7.05 Å². The third-order valence-electron chi connectivity index (χ3n) is 2.94. The average Bonchev–Trinajstić information content (AvgIpc) is 2.77. The number of nitrogens with zero attached hydrogens (tertiary/aromatic N) is 2. The molecule has 1 heterocycles. The molecular weight excluding hydrogens is 260 g/mol. The maximum atomic E-state index is 5.91. The van der Waals surface area contributed by atoms with Crippen molar-refractivity contribution in [2.75, 3.05) is 19.8 Å². The molecule has 0 saturated carbocycles. The minimum atomic E-state index is -0.935. The summed E-state index contributed by atoms with van der Waals surface area (Å²) >= 11 is 0. The average molecular weight is 284 g/mol. The molecular formula is C13H24N2O3Si+. The number of hydrogen-bond acceptors (Lipinski definition) is 3. The molecule has 19 heavy (non-hydrogen) atoms. The standard InChI is InChI=1S/C13H24N2O3Si/c1-6-16-12(4,17-7-2)13(19,18-8-3)15-10-9-14(5)11-15/h9-11H,6-8H2,1-5H3/q+1. The smallest absolute Gasteiger partial charge is 0.245 e. The van der Waals surface area contributed by atoms with E-state index in [1.807, 2.05) is 62.6 Å². The van der Waals surface area contributed by atoms with Crippen LogP contribution in [0.4, 0.5) is 0 Å². The predicted molar refractivity (Wildman–Crippen MR) is 72.6 cm³/mol. The van der Waals surface area contributed by atoms with Crippen molar-refractivity contribution in [3.63, 3.8) is 0 Å². The zero-order chi connectivity index (χ0) is 14.5. The molecule has 1 aromatic heterocycles. The number of imidazole rings is 1. The molecule has 0 bridgehead atoms. The molecule has 0 spiro atoms. The molecule has 0 saturated heterocycles. The Bertz CT molecular complexity index is 391. The summed E-state index contributed by atoms with van der Waals surface area (Å²) in [7, 11) is 5.68. The number of rotatable bonds is 8. The van der Waals surface area contributed by atoms with Crippen molar-refractivity contribution in [3.05, 3.63) is 18.7 Å². The van der Waals surface area contributed by atoms with Gasteiger partial charge in [-0.2, -0.15) is 0 Å². The van der Waals surface area contributed by atoms with E-state index in [2.05, 4.69) is 10.2 Å². The Morgan fingerprint density at radius 3 is 2.00 bits per heavy atom. The van der Waals surface area contributed by atoms with Crippen LogP contribution in [0.5, 0.6) is 0 Å². The minimum absolute atomic E-state index is 0.529. The number of hydrogen-bond donors (Lipinski definition) is 0. The Morgan fingerprint density at radius 2 is 1.63 bits per heavy atom. The van der Waals surface area contributed by atoms with Crippen LogP contribution in [0.3, 0.4) is 0 Å². The molecule has 0 aliphatic carbocycles. The Labute approximate surface area is 118 Å². The van der Waals surface area contributed by atoms with Crippen LogP contribution in [0.15, 0.2) is 18.7 Å². The van der Waals surface area contributed by atoms with E-state index >= 15 is 0 Å². The molecule has 0 aromatic carbocycles. The van der Waals surface area contributed by atoms with E-state index in [0.29, 0.717) is 19.8 Å². The molecule has 0 amide bonds. The second-order valence-corrected chi connectivity index (χ2v) is 5.05. The molecule has 6 heteroatoms. The van der Waals surface area contributed by atoms with Gasteiger partial charge in [-0.3, -0.25) is 0 Å². The summed E-state index contributed by atoms with van der Waals surface area (Å²) in [4.78, 5) is 0. The van der Waals surface area contributed by atoms with Crippen LogP contribution in [0, 0.1) is 0 Å². The van der Waals surface area contributed by atoms with Gasteiger partial charge in [-0.15, -0.1) is 0 Å². The van der Waals surface area contributed by atoms with Crippen molar-refractivity contribution in [2.45, 2.75) is 38.8 Å². The quantitative estimate of drug-likeness (QED) is 0.405. The lowest BCUT2D eigenvalue weighted by Gasteiger charge is -2.42. The van der Waals surface area contributed by atoms with Gasteiger partial charge in [0, 0.05) is 19.8 Å². The molecule has 107 valence electrons. The lowest BCUT2D eigenvalue weighted by atomic mass is 10.2. The van der Waals surface area contributed by atoms with Crippen LogP contribution >= 0.6 is 0 Å². The van der Waals surface area contributed by atoms with Crippen molar-refractivity contribution >= 4 is 10.2 Å². The maximum absolute atomic E-state index is 5.91. The highest BCUT2D eigenvalue weighted by atomic mass is 28.1. The van der Waals surface area contributed by atoms with Gasteiger partial charge >= 0.3 is 0 Å². The van der Waals surface area contributed by atoms with Crippen molar-refractivity contribution in [1.29, 1.82) is 0 Å². The first-order chi connectivity index (χ1) is 8.93. The Morgan fingerprint density at radius 1 is 1.11 bits per heavy atom. The van der Waals surface area contributed by atoms with E-state index in [1.54, 1.807) is 0 Å². The SMILES string of the molecule is CCOC(C)(OCC)C([Si])(OCC)n1cc[n+](C)c1. The van der Waals surface area contributed by atoms with Crippen molar-refractivity contribution in [3.8, 4) is 0 Å². The molecule has 1 unspecified atom stereocenters. The summed E-state index contributed by atoms with van der Waals surface area (Å²) in [5.41, 5.74) is 0. The first-order valence-corrected chi connectivity index (χ1v) is 7.14. The maximum Gasteiger partial charge on any atom is 0.245 e. The number of aromatic nitrogens is 2. The van der Waals surface area contributed by atoms with Crippen molar-refractivity contribution in [1.82, 2.24) is 4.57 Å². The molecule has 1 aromatic rings. The van der Waals surface area contributed by atoms with Gasteiger partial charge in [0.15, 0.2) is 0 Å². The Hall–Kier alpha value is -0.693. The third kappa shape index (κ3) is 3.25. The molecule has 0 fully saturated rings. The highest BCUT2D eigenvalue weighted by Gasteiger charge is 2.53. The van der Waals surface area contributed by atoms with E-state index in [9.17, 15) is 0 Å². The topological polar surface area (TPSA) is 36.5 Å². The van der Waals surface area contributed by atoms with E-state index in [4.69, 9.17) is 14.2 Å². The summed E-state index contributed by atoms with van der Waals surface area (Å²) in [6.45, 7) is 9.28. The second kappa shape index (κ2) is 6.65. The van der Waals surface area contributed by atoms with Crippen LogP contribution in [-0.4, -0.2) is 40.4 Å². The van der Waals surface area contributed by atoms with Gasteiger partial charge in [-0.05, 0) is 27.7 Å². The lowest BCUT2D eigenvalue weighted by Crippen LogP contribution is -2.59. The first kappa shape index (κ1) is 16.4. The summed E-state index contributed by atoms with van der Waals surface area (Å²) in [6.07, 6.45) is 5.77. The molecule has 1 rings (SSSR count). The highest BCUT2D eigenvalue weighted by Crippen LogP contribution is 2.33. The normalized spacial score (nSPS) is 15.5. The van der Waals surface area contributed by atoms with Gasteiger partial charge in [0.2, 0.25) is 17.5 Å². The van der Waals surface area contributed by atoms with Gasteiger partial charge in [-0.25, -0.2) is 9.13 Å². The van der Waals surface area contributed by atoms with Crippen LogP contribution in [0.2, 0.25) is 0 Å². The van der Waals surface area contributed by atoms with Crippen LogP contribution in [0.1, 0.15) is 27.7 Å². The van der Waals surface area contributed by atoms with Gasteiger partial charge < -0.3 is 14.2 Å². The van der Waals surface area contributed by atoms with Gasteiger partial charge in [0.25, 0.3) is 0 Å². The highest BCUT2D eigenvalue weighted by molar-refractivity contribution is 6.13. The van der Waals surface area contributed by atoms with Gasteiger partial charge in [-0.1, -0.05) is 0 Å². The second-order valence-electron chi connectivity index (χ2n) is 4.38. The fourth-order valence-electron chi connectivity index (χ4n) is 2.07. The summed E-state index contributed by atoms with van der Waals surface area (Å²) < 4.78 is 21.4. The Kier molecular flexibility index (Phi) is 5.73. The summed E-state index contributed by atoms with van der Waals surface area (Å²) in [5.74, 6) is -0.935. The fourth-order valence-corrected chi connectivity index (χ4v) is 2.49. The largest absolute Gasteiger partial charge is 0.345 e. The van der Waals surface area contributed by atoms with Crippen LogP contribution in [-0.2, 0) is 26.6 Å². The third-order valence-corrected chi connectivity index (χ3v) is 3.80. The predicted octanol–water partition coefficient (Wildman–Crippen LogP) is 0.917.